The van der Waals surface area contributed by atoms with E-state index in [-0.39, 0.29) is 0 Å². The number of hydrogen-bond acceptors (Lipinski definition) is 5. The van der Waals surface area contributed by atoms with E-state index < -0.39 is 30.0 Å². The molecule has 4 nitrogen and oxygen atoms in total. The first-order chi connectivity index (χ1) is 14.9. The molecule has 2 aromatic carbocycles. The lowest BCUT2D eigenvalue weighted by Crippen LogP contribution is -2.61. The molecule has 2 heterocycles. The first-order valence-electron chi connectivity index (χ1n) is 10.6. The van der Waals surface area contributed by atoms with Crippen molar-refractivity contribution in [3.8, 4) is 10.4 Å². The molecule has 0 radical (unpaired) electrons. The van der Waals surface area contributed by atoms with Gasteiger partial charge in [-0.2, -0.15) is 0 Å². The van der Waals surface area contributed by atoms with Gasteiger partial charge >= 0.3 is 0 Å². The molecule has 0 unspecified atom stereocenters. The van der Waals surface area contributed by atoms with Gasteiger partial charge in [0.15, 0.2) is 0 Å². The highest BCUT2D eigenvalue weighted by Crippen LogP contribution is 2.49. The van der Waals surface area contributed by atoms with E-state index in [4.69, 9.17) is 16.3 Å². The minimum atomic E-state index is -1.25. The van der Waals surface area contributed by atoms with Crippen molar-refractivity contribution in [3.63, 3.8) is 0 Å². The van der Waals surface area contributed by atoms with Gasteiger partial charge in [0, 0.05) is 21.2 Å². The van der Waals surface area contributed by atoms with Crippen LogP contribution in [0.5, 0.6) is 0 Å². The van der Waals surface area contributed by atoms with Crippen LogP contribution in [0.3, 0.4) is 0 Å². The van der Waals surface area contributed by atoms with Crippen LogP contribution in [-0.2, 0) is 23.2 Å². The third-order valence-electron chi connectivity index (χ3n) is 6.61. The third-order valence-corrected chi connectivity index (χ3v) is 8.09. The molecule has 2 aliphatic rings. The van der Waals surface area contributed by atoms with Crippen LogP contribution in [0.4, 0.5) is 0 Å². The van der Waals surface area contributed by atoms with Gasteiger partial charge < -0.3 is 20.1 Å². The lowest BCUT2D eigenvalue weighted by atomic mass is 9.80. The molecule has 0 amide bonds. The molecule has 31 heavy (non-hydrogen) atoms. The first-order valence-corrected chi connectivity index (χ1v) is 11.8. The van der Waals surface area contributed by atoms with E-state index in [0.717, 1.165) is 16.7 Å². The molecule has 1 spiro atoms. The molecule has 3 N–H and O–H groups in total. The van der Waals surface area contributed by atoms with E-state index in [1.807, 2.05) is 30.3 Å². The summed E-state index contributed by atoms with van der Waals surface area (Å²) >= 11 is 8.38. The molecule has 1 aromatic heterocycles. The third kappa shape index (κ3) is 3.54. The Morgan fingerprint density at radius 2 is 1.84 bits per heavy atom. The Morgan fingerprint density at radius 3 is 2.61 bits per heavy atom. The molecule has 1 aliphatic carbocycles. The topological polar surface area (TPSA) is 69.9 Å². The maximum atomic E-state index is 10.9. The lowest BCUT2D eigenvalue weighted by Gasteiger charge is -2.47. The fourth-order valence-electron chi connectivity index (χ4n) is 4.91. The van der Waals surface area contributed by atoms with Gasteiger partial charge in [0.05, 0.1) is 6.10 Å². The van der Waals surface area contributed by atoms with Gasteiger partial charge in [-0.15, -0.1) is 11.3 Å². The summed E-state index contributed by atoms with van der Waals surface area (Å²) in [5, 5.41) is 32.2. The Bertz CT molecular complexity index is 1100. The second kappa shape index (κ2) is 8.00. The van der Waals surface area contributed by atoms with Gasteiger partial charge in [0.2, 0.25) is 0 Å². The summed E-state index contributed by atoms with van der Waals surface area (Å²) in [6.45, 7) is 1.73. The van der Waals surface area contributed by atoms with E-state index in [0.29, 0.717) is 24.3 Å². The Hall–Kier alpha value is -1.73. The zero-order valence-corrected chi connectivity index (χ0v) is 18.7. The van der Waals surface area contributed by atoms with Gasteiger partial charge in [-0.05, 0) is 60.2 Å². The number of aliphatic hydroxyl groups is 3. The molecule has 5 atom stereocenters. The molecule has 1 aliphatic heterocycles. The predicted molar refractivity (Wildman–Crippen MR) is 123 cm³/mol. The Labute approximate surface area is 190 Å². The normalized spacial score (nSPS) is 30.0. The summed E-state index contributed by atoms with van der Waals surface area (Å²) in [5.74, 6) is 0. The highest BCUT2D eigenvalue weighted by atomic mass is 35.5. The monoisotopic (exact) mass is 456 g/mol. The maximum absolute atomic E-state index is 10.9. The van der Waals surface area contributed by atoms with E-state index in [1.54, 1.807) is 18.3 Å². The fourth-order valence-corrected chi connectivity index (χ4v) is 6.20. The molecule has 162 valence electrons. The van der Waals surface area contributed by atoms with Crippen molar-refractivity contribution in [1.29, 1.82) is 0 Å². The van der Waals surface area contributed by atoms with Gasteiger partial charge in [-0.3, -0.25) is 0 Å². The van der Waals surface area contributed by atoms with E-state index >= 15 is 0 Å². The average molecular weight is 457 g/mol. The summed E-state index contributed by atoms with van der Waals surface area (Å²) < 4.78 is 6.16. The average Bonchev–Trinajstić information content (AvgIpc) is 3.38. The number of halogens is 1. The molecule has 1 saturated heterocycles. The van der Waals surface area contributed by atoms with Crippen molar-refractivity contribution in [1.82, 2.24) is 0 Å². The summed E-state index contributed by atoms with van der Waals surface area (Å²) in [7, 11) is 0. The van der Waals surface area contributed by atoms with Crippen molar-refractivity contribution < 1.29 is 20.1 Å². The number of ether oxygens (including phenoxy) is 1. The first kappa shape index (κ1) is 21.1. The highest BCUT2D eigenvalue weighted by Gasteiger charge is 2.55. The van der Waals surface area contributed by atoms with Crippen LogP contribution in [-0.4, -0.2) is 39.7 Å². The van der Waals surface area contributed by atoms with Gasteiger partial charge in [-0.25, -0.2) is 0 Å². The highest BCUT2D eigenvalue weighted by molar-refractivity contribution is 7.15. The maximum Gasteiger partial charge on any atom is 0.123 e. The van der Waals surface area contributed by atoms with E-state index in [1.165, 1.54) is 15.3 Å². The smallest absolute Gasteiger partial charge is 0.123 e. The minimum absolute atomic E-state index is 0.550. The summed E-state index contributed by atoms with van der Waals surface area (Å²) in [4.78, 5) is 2.41. The molecular weight excluding hydrogens is 432 g/mol. The van der Waals surface area contributed by atoms with Crippen LogP contribution in [0.15, 0.2) is 54.6 Å². The predicted octanol–water partition coefficient (Wildman–Crippen LogP) is 4.30. The number of hydrogen-bond donors (Lipinski definition) is 3. The van der Waals surface area contributed by atoms with Gasteiger partial charge in [0.25, 0.3) is 0 Å². The number of rotatable bonds is 3. The van der Waals surface area contributed by atoms with Crippen LogP contribution in [0.25, 0.3) is 10.4 Å². The second-order valence-corrected chi connectivity index (χ2v) is 10.1. The van der Waals surface area contributed by atoms with E-state index in [2.05, 4.69) is 24.3 Å². The Balaban J connectivity index is 1.48. The molecule has 0 bridgehead atoms. The molecule has 6 heteroatoms. The largest absolute Gasteiger partial charge is 0.388 e. The van der Waals surface area contributed by atoms with Crippen LogP contribution >= 0.6 is 22.9 Å². The summed E-state index contributed by atoms with van der Waals surface area (Å²) in [6.07, 6.45) is -2.20. The van der Waals surface area contributed by atoms with Crippen LogP contribution in [0.1, 0.15) is 34.9 Å². The van der Waals surface area contributed by atoms with Crippen molar-refractivity contribution in [2.24, 2.45) is 0 Å². The van der Waals surface area contributed by atoms with Crippen LogP contribution in [0, 0.1) is 0 Å². The molecule has 5 rings (SSSR count). The van der Waals surface area contributed by atoms with Crippen LogP contribution in [0.2, 0.25) is 5.02 Å². The zero-order chi connectivity index (χ0) is 21.8. The number of aryl methyl sites for hydroxylation is 1. The number of aliphatic hydroxyl groups excluding tert-OH is 3. The minimum Gasteiger partial charge on any atom is -0.388 e. The quantitative estimate of drug-likeness (QED) is 0.549. The summed E-state index contributed by atoms with van der Waals surface area (Å²) in [5.41, 5.74) is 3.04. The molecular formula is C25H25ClO4S. The van der Waals surface area contributed by atoms with Crippen molar-refractivity contribution in [2.45, 2.75) is 56.2 Å². The standard InChI is InChI=1S/C25H25ClO4S/c1-14-22(27)23(28)24(29)25(30-14)10-9-16-13-20(26)17(12-19(16)25)11-18-7-8-21(31-18)15-5-3-2-4-6-15/h2-8,12-14,22-24,27-29H,9-11H2,1H3/t14-,22-,23+,24-,25+/m1/s1. The molecule has 0 saturated carbocycles. The number of thiophene rings is 1. The van der Waals surface area contributed by atoms with Gasteiger partial charge in [0.1, 0.15) is 23.9 Å². The molecule has 1 fully saturated rings. The molecule has 3 aromatic rings. The zero-order valence-electron chi connectivity index (χ0n) is 17.2. The lowest BCUT2D eigenvalue weighted by molar-refractivity contribution is -0.268. The van der Waals surface area contributed by atoms with Crippen molar-refractivity contribution in [2.75, 3.05) is 0 Å². The van der Waals surface area contributed by atoms with Crippen molar-refractivity contribution >= 4 is 22.9 Å². The fraction of sp³-hybridized carbons (Fsp3) is 0.360. The van der Waals surface area contributed by atoms with E-state index in [9.17, 15) is 15.3 Å². The Morgan fingerprint density at radius 1 is 1.06 bits per heavy atom. The number of fused-ring (bicyclic) bond motifs is 2. The second-order valence-electron chi connectivity index (χ2n) is 8.55. The van der Waals surface area contributed by atoms with Crippen molar-refractivity contribution in [3.05, 3.63) is 81.2 Å². The SMILES string of the molecule is C[C@H]1O[C@]2(CCc3cc(Cl)c(Cc4ccc(-c5ccccc5)s4)cc32)[C@H](O)[C@@H](O)[C@@H]1O. The van der Waals surface area contributed by atoms with Gasteiger partial charge in [-0.1, -0.05) is 48.0 Å². The number of benzene rings is 2. The Kier molecular flexibility index (Phi) is 5.45. The summed E-state index contributed by atoms with van der Waals surface area (Å²) in [6, 6.07) is 18.5. The van der Waals surface area contributed by atoms with Crippen LogP contribution < -0.4 is 0 Å².